The van der Waals surface area contributed by atoms with Gasteiger partial charge in [0.2, 0.25) is 0 Å². The predicted octanol–water partition coefficient (Wildman–Crippen LogP) is 4.87. The van der Waals surface area contributed by atoms with Crippen molar-refractivity contribution in [2.24, 2.45) is 0 Å². The molecule has 0 bridgehead atoms. The van der Waals surface area contributed by atoms with Crippen molar-refractivity contribution in [3.8, 4) is 5.75 Å². The van der Waals surface area contributed by atoms with Crippen LogP contribution in [0, 0.1) is 0 Å². The Morgan fingerprint density at radius 2 is 1.90 bits per heavy atom. The fourth-order valence-electron chi connectivity index (χ4n) is 4.15. The largest absolute Gasteiger partial charge is 0.489 e. The summed E-state index contributed by atoms with van der Waals surface area (Å²) in [4.78, 5) is 13.0. The topological polar surface area (TPSA) is 59.0 Å². The van der Waals surface area contributed by atoms with Gasteiger partial charge in [0, 0.05) is 35.2 Å². The number of rotatable bonds is 6. The minimum atomic E-state index is -0.752. The van der Waals surface area contributed by atoms with Gasteiger partial charge in [-0.05, 0) is 48.2 Å². The molecular formula is C22H23Cl2NO4. The van der Waals surface area contributed by atoms with E-state index in [2.05, 4.69) is 11.0 Å². The first-order valence-corrected chi connectivity index (χ1v) is 10.5. The van der Waals surface area contributed by atoms with Crippen LogP contribution in [0.1, 0.15) is 36.0 Å². The minimum absolute atomic E-state index is 0.181. The molecule has 0 unspecified atom stereocenters. The Labute approximate surface area is 180 Å². The number of carboxylic acids is 1. The van der Waals surface area contributed by atoms with Crippen LogP contribution in [0.15, 0.2) is 36.4 Å². The predicted molar refractivity (Wildman–Crippen MR) is 112 cm³/mol. The Balaban J connectivity index is 1.41. The molecule has 2 aliphatic heterocycles. The summed E-state index contributed by atoms with van der Waals surface area (Å²) in [7, 11) is 0. The van der Waals surface area contributed by atoms with Crippen LogP contribution in [0.5, 0.6) is 5.75 Å². The Bertz CT molecular complexity index is 889. The first kappa shape index (κ1) is 20.5. The van der Waals surface area contributed by atoms with E-state index in [4.69, 9.17) is 37.8 Å². The molecule has 7 heteroatoms. The molecule has 0 amide bonds. The number of piperidine rings is 1. The van der Waals surface area contributed by atoms with Gasteiger partial charge in [-0.3, -0.25) is 4.79 Å². The number of fused-ring (bicyclic) bond motifs is 2. The SMILES string of the molecule is O=C(O)CCN1CCC2(CC1)OCc1cc(OCc3c(Cl)cccc3Cl)ccc12. The Hall–Kier alpha value is -1.79. The molecule has 29 heavy (non-hydrogen) atoms. The van der Waals surface area contributed by atoms with Gasteiger partial charge in [-0.2, -0.15) is 0 Å². The van der Waals surface area contributed by atoms with Crippen molar-refractivity contribution < 1.29 is 19.4 Å². The molecule has 2 heterocycles. The number of halogens is 2. The summed E-state index contributed by atoms with van der Waals surface area (Å²) < 4.78 is 12.2. The lowest BCUT2D eigenvalue weighted by molar-refractivity contribution is -0.137. The van der Waals surface area contributed by atoms with Crippen LogP contribution in [0.25, 0.3) is 0 Å². The van der Waals surface area contributed by atoms with Crippen molar-refractivity contribution in [3.63, 3.8) is 0 Å². The molecule has 0 atom stereocenters. The summed E-state index contributed by atoms with van der Waals surface area (Å²) in [5.41, 5.74) is 2.88. The zero-order chi connectivity index (χ0) is 20.4. The van der Waals surface area contributed by atoms with Crippen molar-refractivity contribution >= 4 is 29.2 Å². The highest BCUT2D eigenvalue weighted by Crippen LogP contribution is 2.45. The molecule has 2 aromatic carbocycles. The number of aliphatic carboxylic acids is 1. The van der Waals surface area contributed by atoms with Gasteiger partial charge in [-0.25, -0.2) is 0 Å². The monoisotopic (exact) mass is 435 g/mol. The van der Waals surface area contributed by atoms with Crippen molar-refractivity contribution in [1.82, 2.24) is 4.90 Å². The molecule has 1 N–H and O–H groups in total. The molecule has 154 valence electrons. The average Bonchev–Trinajstić information content (AvgIpc) is 3.05. The molecule has 1 spiro atoms. The summed E-state index contributed by atoms with van der Waals surface area (Å²) >= 11 is 12.4. The molecule has 4 rings (SSSR count). The third kappa shape index (κ3) is 4.38. The van der Waals surface area contributed by atoms with Gasteiger partial charge in [-0.1, -0.05) is 35.3 Å². The van der Waals surface area contributed by atoms with Crippen LogP contribution in [-0.4, -0.2) is 35.6 Å². The minimum Gasteiger partial charge on any atom is -0.489 e. The van der Waals surface area contributed by atoms with E-state index in [-0.39, 0.29) is 12.0 Å². The molecule has 5 nitrogen and oxygen atoms in total. The van der Waals surface area contributed by atoms with Crippen molar-refractivity contribution in [2.75, 3.05) is 19.6 Å². The summed E-state index contributed by atoms with van der Waals surface area (Å²) in [6.45, 7) is 3.15. The Morgan fingerprint density at radius 1 is 1.17 bits per heavy atom. The van der Waals surface area contributed by atoms with E-state index in [9.17, 15) is 4.79 Å². The molecular weight excluding hydrogens is 413 g/mol. The van der Waals surface area contributed by atoms with E-state index in [0.29, 0.717) is 29.8 Å². The lowest BCUT2D eigenvalue weighted by Gasteiger charge is -2.39. The van der Waals surface area contributed by atoms with Gasteiger partial charge < -0.3 is 19.5 Å². The summed E-state index contributed by atoms with van der Waals surface area (Å²) in [5.74, 6) is 0.0117. The molecule has 0 aromatic heterocycles. The number of hydrogen-bond donors (Lipinski definition) is 1. The van der Waals surface area contributed by atoms with Gasteiger partial charge >= 0.3 is 5.97 Å². The highest BCUT2D eigenvalue weighted by Gasteiger charge is 2.42. The fourth-order valence-corrected chi connectivity index (χ4v) is 4.65. The molecule has 1 fully saturated rings. The van der Waals surface area contributed by atoms with E-state index < -0.39 is 5.97 Å². The molecule has 0 aliphatic carbocycles. The van der Waals surface area contributed by atoms with Crippen molar-refractivity contribution in [3.05, 3.63) is 63.1 Å². The van der Waals surface area contributed by atoms with E-state index in [1.54, 1.807) is 12.1 Å². The average molecular weight is 436 g/mol. The van der Waals surface area contributed by atoms with Crippen LogP contribution < -0.4 is 4.74 Å². The van der Waals surface area contributed by atoms with E-state index in [1.807, 2.05) is 18.2 Å². The molecule has 1 saturated heterocycles. The first-order valence-electron chi connectivity index (χ1n) is 9.74. The molecule has 0 saturated carbocycles. The molecule has 2 aliphatic rings. The second kappa shape index (κ2) is 8.52. The van der Waals surface area contributed by atoms with E-state index in [1.165, 1.54) is 5.56 Å². The van der Waals surface area contributed by atoms with Crippen molar-refractivity contribution in [2.45, 2.75) is 38.1 Å². The van der Waals surface area contributed by atoms with Crippen LogP contribution >= 0.6 is 23.2 Å². The Kier molecular flexibility index (Phi) is 6.02. The van der Waals surface area contributed by atoms with Crippen LogP contribution in [-0.2, 0) is 28.3 Å². The smallest absolute Gasteiger partial charge is 0.304 e. The van der Waals surface area contributed by atoms with Gasteiger partial charge in [0.25, 0.3) is 0 Å². The highest BCUT2D eigenvalue weighted by molar-refractivity contribution is 6.35. The summed E-state index contributed by atoms with van der Waals surface area (Å²) in [6.07, 6.45) is 1.92. The third-order valence-corrected chi connectivity index (χ3v) is 6.53. The zero-order valence-corrected chi connectivity index (χ0v) is 17.5. The van der Waals surface area contributed by atoms with Gasteiger partial charge in [0.15, 0.2) is 0 Å². The first-order chi connectivity index (χ1) is 14.0. The Morgan fingerprint density at radius 3 is 2.59 bits per heavy atom. The normalized spacial score (nSPS) is 18.0. The maximum Gasteiger partial charge on any atom is 0.304 e. The lowest BCUT2D eigenvalue weighted by atomic mass is 9.83. The number of ether oxygens (including phenoxy) is 2. The number of likely N-dealkylation sites (tertiary alicyclic amines) is 1. The van der Waals surface area contributed by atoms with Crippen LogP contribution in [0.3, 0.4) is 0 Å². The zero-order valence-electron chi connectivity index (χ0n) is 16.0. The number of hydrogen-bond acceptors (Lipinski definition) is 4. The maximum atomic E-state index is 10.8. The van der Waals surface area contributed by atoms with Gasteiger partial charge in [0.05, 0.1) is 18.6 Å². The van der Waals surface area contributed by atoms with Gasteiger partial charge in [-0.15, -0.1) is 0 Å². The highest BCUT2D eigenvalue weighted by atomic mass is 35.5. The number of carboxylic acid groups (broad SMARTS) is 1. The summed E-state index contributed by atoms with van der Waals surface area (Å²) in [6, 6.07) is 11.5. The lowest BCUT2D eigenvalue weighted by Crippen LogP contribution is -2.43. The molecule has 2 aromatic rings. The second-order valence-corrected chi connectivity index (χ2v) is 8.39. The fraction of sp³-hybridized carbons (Fsp3) is 0.409. The van der Waals surface area contributed by atoms with Gasteiger partial charge in [0.1, 0.15) is 12.4 Å². The number of benzene rings is 2. The third-order valence-electron chi connectivity index (χ3n) is 5.82. The standard InChI is InChI=1S/C22H23Cl2NO4/c23-19-2-1-3-20(24)17(19)14-28-16-4-5-18-15(12-16)13-29-22(18)7-10-25(11-8-22)9-6-21(26)27/h1-5,12H,6-11,13-14H2,(H,26,27). The number of nitrogens with zero attached hydrogens (tertiary/aromatic N) is 1. The van der Waals surface area contributed by atoms with Crippen molar-refractivity contribution in [1.29, 1.82) is 0 Å². The second-order valence-electron chi connectivity index (χ2n) is 7.58. The summed E-state index contributed by atoms with van der Waals surface area (Å²) in [5, 5.41) is 10.1. The van der Waals surface area contributed by atoms with E-state index >= 15 is 0 Å². The van der Waals surface area contributed by atoms with Crippen LogP contribution in [0.4, 0.5) is 0 Å². The quantitative estimate of drug-likeness (QED) is 0.701. The maximum absolute atomic E-state index is 10.8. The molecule has 0 radical (unpaired) electrons. The van der Waals surface area contributed by atoms with Crippen LogP contribution in [0.2, 0.25) is 10.0 Å². The number of carbonyl (C=O) groups is 1. The van der Waals surface area contributed by atoms with E-state index in [0.717, 1.165) is 42.8 Å².